The zero-order valence-electron chi connectivity index (χ0n) is 16.0. The van der Waals surface area contributed by atoms with Gasteiger partial charge in [-0.3, -0.25) is 4.68 Å². The standard InChI is InChI=1S/C19H21Cl2F3N2O2/c1-5-26-16(14(21)15(25-26)17(27)28-6-2)12-8-7-11(9-13(12)20)10-18(3,4)19(22,23)24/h7-9H,5-6,10H2,1-4H3. The molecule has 154 valence electrons. The van der Waals surface area contributed by atoms with Crippen LogP contribution in [-0.2, 0) is 17.7 Å². The van der Waals surface area contributed by atoms with Gasteiger partial charge in [0.1, 0.15) is 5.02 Å². The highest BCUT2D eigenvalue weighted by Crippen LogP contribution is 2.42. The summed E-state index contributed by atoms with van der Waals surface area (Å²) in [7, 11) is 0. The van der Waals surface area contributed by atoms with E-state index in [0.29, 0.717) is 23.4 Å². The molecule has 0 saturated carbocycles. The van der Waals surface area contributed by atoms with Crippen LogP contribution in [-0.4, -0.2) is 28.5 Å². The van der Waals surface area contributed by atoms with Crippen LogP contribution < -0.4 is 0 Å². The second-order valence-corrected chi connectivity index (χ2v) is 7.71. The highest BCUT2D eigenvalue weighted by molar-refractivity contribution is 6.38. The molecule has 0 unspecified atom stereocenters. The Morgan fingerprint density at radius 2 is 1.86 bits per heavy atom. The minimum atomic E-state index is -4.34. The number of halogens is 5. The third-order valence-electron chi connectivity index (χ3n) is 4.37. The van der Waals surface area contributed by atoms with Gasteiger partial charge in [-0.1, -0.05) is 49.2 Å². The summed E-state index contributed by atoms with van der Waals surface area (Å²) in [6, 6.07) is 4.65. The number of rotatable bonds is 6. The molecule has 0 aliphatic rings. The number of alkyl halides is 3. The summed E-state index contributed by atoms with van der Waals surface area (Å²) in [5, 5.41) is 4.49. The SMILES string of the molecule is CCOC(=O)c1nn(CC)c(-c2ccc(CC(C)(C)C(F)(F)F)cc2Cl)c1Cl. The average molecular weight is 437 g/mol. The van der Waals surface area contributed by atoms with Crippen molar-refractivity contribution in [3.8, 4) is 11.3 Å². The van der Waals surface area contributed by atoms with E-state index in [4.69, 9.17) is 27.9 Å². The predicted molar refractivity (Wildman–Crippen MR) is 103 cm³/mol. The van der Waals surface area contributed by atoms with Crippen molar-refractivity contribution in [1.29, 1.82) is 0 Å². The molecule has 2 aromatic rings. The first-order chi connectivity index (χ1) is 12.9. The van der Waals surface area contributed by atoms with Gasteiger partial charge in [0.15, 0.2) is 5.69 Å². The van der Waals surface area contributed by atoms with E-state index in [1.807, 2.05) is 6.92 Å². The van der Waals surface area contributed by atoms with Crippen LogP contribution in [0.2, 0.25) is 10.0 Å². The maximum absolute atomic E-state index is 13.2. The Morgan fingerprint density at radius 1 is 1.21 bits per heavy atom. The number of ether oxygens (including phenoxy) is 1. The van der Waals surface area contributed by atoms with Gasteiger partial charge in [-0.2, -0.15) is 18.3 Å². The van der Waals surface area contributed by atoms with E-state index in [9.17, 15) is 18.0 Å². The summed E-state index contributed by atoms with van der Waals surface area (Å²) in [5.74, 6) is -0.652. The van der Waals surface area contributed by atoms with Crippen molar-refractivity contribution in [2.45, 2.75) is 46.8 Å². The fourth-order valence-corrected chi connectivity index (χ4v) is 3.33. The van der Waals surface area contributed by atoms with Crippen LogP contribution in [0.3, 0.4) is 0 Å². The highest BCUT2D eigenvalue weighted by Gasteiger charge is 2.47. The summed E-state index contributed by atoms with van der Waals surface area (Å²) >= 11 is 12.7. The zero-order valence-corrected chi connectivity index (χ0v) is 17.5. The van der Waals surface area contributed by atoms with E-state index < -0.39 is 17.6 Å². The molecule has 28 heavy (non-hydrogen) atoms. The van der Waals surface area contributed by atoms with E-state index in [1.165, 1.54) is 10.7 Å². The van der Waals surface area contributed by atoms with Crippen LogP contribution in [0.15, 0.2) is 18.2 Å². The molecular weight excluding hydrogens is 416 g/mol. The molecule has 0 aliphatic heterocycles. The monoisotopic (exact) mass is 436 g/mol. The van der Waals surface area contributed by atoms with Crippen molar-refractivity contribution in [3.05, 3.63) is 39.5 Å². The van der Waals surface area contributed by atoms with Crippen molar-refractivity contribution in [2.24, 2.45) is 5.41 Å². The van der Waals surface area contributed by atoms with Gasteiger partial charge < -0.3 is 4.74 Å². The minimum Gasteiger partial charge on any atom is -0.461 e. The van der Waals surface area contributed by atoms with Crippen LogP contribution in [0.5, 0.6) is 0 Å². The maximum Gasteiger partial charge on any atom is 0.394 e. The molecule has 0 spiro atoms. The quantitative estimate of drug-likeness (QED) is 0.507. The highest BCUT2D eigenvalue weighted by atomic mass is 35.5. The summed E-state index contributed by atoms with van der Waals surface area (Å²) in [5.41, 5.74) is -0.583. The zero-order chi connectivity index (χ0) is 21.3. The Bertz CT molecular complexity index is 877. The lowest BCUT2D eigenvalue weighted by Crippen LogP contribution is -2.34. The summed E-state index contributed by atoms with van der Waals surface area (Å²) < 4.78 is 45.9. The number of hydrogen-bond donors (Lipinski definition) is 0. The van der Waals surface area contributed by atoms with Crippen LogP contribution in [0.1, 0.15) is 43.7 Å². The fourth-order valence-electron chi connectivity index (χ4n) is 2.73. The number of aromatic nitrogens is 2. The fraction of sp³-hybridized carbons (Fsp3) is 0.474. The second-order valence-electron chi connectivity index (χ2n) is 6.92. The lowest BCUT2D eigenvalue weighted by Gasteiger charge is -2.27. The molecule has 0 atom stereocenters. The van der Waals surface area contributed by atoms with Gasteiger partial charge in [-0.25, -0.2) is 4.79 Å². The molecule has 1 aromatic heterocycles. The molecule has 0 aliphatic carbocycles. The van der Waals surface area contributed by atoms with Gasteiger partial charge in [-0.05, 0) is 31.9 Å². The largest absolute Gasteiger partial charge is 0.461 e. The third kappa shape index (κ3) is 4.46. The molecule has 0 N–H and O–H groups in total. The molecule has 0 bridgehead atoms. The van der Waals surface area contributed by atoms with Crippen molar-refractivity contribution in [2.75, 3.05) is 6.61 Å². The Morgan fingerprint density at radius 3 is 2.36 bits per heavy atom. The first-order valence-electron chi connectivity index (χ1n) is 8.71. The third-order valence-corrected chi connectivity index (χ3v) is 5.04. The van der Waals surface area contributed by atoms with Crippen molar-refractivity contribution in [3.63, 3.8) is 0 Å². The van der Waals surface area contributed by atoms with Gasteiger partial charge >= 0.3 is 12.1 Å². The number of esters is 1. The Labute approximate surface area is 171 Å². The second kappa shape index (κ2) is 8.33. The minimum absolute atomic E-state index is 0.0290. The molecule has 2 rings (SSSR count). The summed E-state index contributed by atoms with van der Waals surface area (Å²) in [6.07, 6.45) is -4.55. The molecule has 0 fully saturated rings. The first kappa shape index (κ1) is 22.6. The Hall–Kier alpha value is -1.73. The van der Waals surface area contributed by atoms with E-state index in [1.54, 1.807) is 19.1 Å². The van der Waals surface area contributed by atoms with Crippen molar-refractivity contribution in [1.82, 2.24) is 9.78 Å². The van der Waals surface area contributed by atoms with Gasteiger partial charge in [0.05, 0.1) is 22.7 Å². The number of carbonyl (C=O) groups is 1. The van der Waals surface area contributed by atoms with Crippen molar-refractivity contribution < 1.29 is 22.7 Å². The lowest BCUT2D eigenvalue weighted by molar-refractivity contribution is -0.211. The van der Waals surface area contributed by atoms with E-state index in [2.05, 4.69) is 5.10 Å². The predicted octanol–water partition coefficient (Wildman–Crippen LogP) is 6.18. The first-order valence-corrected chi connectivity index (χ1v) is 9.47. The van der Waals surface area contributed by atoms with E-state index >= 15 is 0 Å². The Balaban J connectivity index is 2.46. The summed E-state index contributed by atoms with van der Waals surface area (Å²) in [4.78, 5) is 12.0. The number of benzene rings is 1. The molecule has 1 heterocycles. The van der Waals surface area contributed by atoms with E-state index in [-0.39, 0.29) is 28.8 Å². The van der Waals surface area contributed by atoms with Gasteiger partial charge in [0.25, 0.3) is 0 Å². The normalized spacial score (nSPS) is 12.3. The molecular formula is C19H21Cl2F3N2O2. The average Bonchev–Trinajstić information content (AvgIpc) is 2.90. The number of nitrogens with zero attached hydrogens (tertiary/aromatic N) is 2. The van der Waals surface area contributed by atoms with Crippen molar-refractivity contribution >= 4 is 29.2 Å². The van der Waals surface area contributed by atoms with Gasteiger partial charge in [-0.15, -0.1) is 0 Å². The summed E-state index contributed by atoms with van der Waals surface area (Å²) in [6.45, 7) is 6.35. The number of hydrogen-bond acceptors (Lipinski definition) is 3. The van der Waals surface area contributed by atoms with Crippen LogP contribution in [0.4, 0.5) is 13.2 Å². The number of carbonyl (C=O) groups excluding carboxylic acids is 1. The topological polar surface area (TPSA) is 44.1 Å². The maximum atomic E-state index is 13.2. The Kier molecular flexibility index (Phi) is 6.71. The lowest BCUT2D eigenvalue weighted by atomic mass is 9.85. The molecule has 0 saturated heterocycles. The molecule has 0 amide bonds. The van der Waals surface area contributed by atoms with Crippen LogP contribution >= 0.6 is 23.2 Å². The van der Waals surface area contributed by atoms with E-state index in [0.717, 1.165) is 13.8 Å². The molecule has 0 radical (unpaired) electrons. The van der Waals surface area contributed by atoms with Gasteiger partial charge in [0.2, 0.25) is 0 Å². The van der Waals surface area contributed by atoms with Crippen LogP contribution in [0.25, 0.3) is 11.3 Å². The van der Waals surface area contributed by atoms with Crippen LogP contribution in [0, 0.1) is 5.41 Å². The number of aryl methyl sites for hydroxylation is 1. The molecule has 1 aromatic carbocycles. The molecule has 9 heteroatoms. The van der Waals surface area contributed by atoms with Gasteiger partial charge in [0, 0.05) is 12.1 Å². The smallest absolute Gasteiger partial charge is 0.394 e. The molecule has 4 nitrogen and oxygen atoms in total.